The maximum atomic E-state index is 5.88. The van der Waals surface area contributed by atoms with E-state index in [0.29, 0.717) is 0 Å². The second kappa shape index (κ2) is 8.94. The minimum atomic E-state index is -0.0587. The molecule has 0 amide bonds. The molecule has 0 bridgehead atoms. The van der Waals surface area contributed by atoms with Gasteiger partial charge >= 0.3 is 0 Å². The SMILES string of the molecule is CCCCOc1ccc(C(C)(C)c2ccc(OC(C)CC)cc2)cc1. The minimum absolute atomic E-state index is 0.0587. The van der Waals surface area contributed by atoms with Gasteiger partial charge in [-0.05, 0) is 55.2 Å². The Morgan fingerprint density at radius 1 is 0.840 bits per heavy atom. The first-order valence-corrected chi connectivity index (χ1v) is 9.48. The largest absolute Gasteiger partial charge is 0.494 e. The van der Waals surface area contributed by atoms with Crippen molar-refractivity contribution in [1.82, 2.24) is 0 Å². The Labute approximate surface area is 153 Å². The molecule has 0 saturated carbocycles. The summed E-state index contributed by atoms with van der Waals surface area (Å²) in [5.41, 5.74) is 2.51. The van der Waals surface area contributed by atoms with Gasteiger partial charge in [0.2, 0.25) is 0 Å². The first-order valence-electron chi connectivity index (χ1n) is 9.48. The number of benzene rings is 2. The highest BCUT2D eigenvalue weighted by molar-refractivity contribution is 5.41. The molecule has 2 rings (SSSR count). The standard InChI is InChI=1S/C23H32O2/c1-6-8-17-24-21-13-9-19(10-14-21)23(4,5)20-11-15-22(16-12-20)25-18(3)7-2/h9-16,18H,6-8,17H2,1-5H3. The smallest absolute Gasteiger partial charge is 0.119 e. The summed E-state index contributed by atoms with van der Waals surface area (Å²) < 4.78 is 11.6. The number of rotatable bonds is 9. The predicted molar refractivity (Wildman–Crippen MR) is 106 cm³/mol. The molecule has 2 aromatic carbocycles. The summed E-state index contributed by atoms with van der Waals surface area (Å²) in [7, 11) is 0. The van der Waals surface area contributed by atoms with Crippen molar-refractivity contribution in [3.05, 3.63) is 59.7 Å². The lowest BCUT2D eigenvalue weighted by Gasteiger charge is -2.26. The molecular formula is C23H32O2. The van der Waals surface area contributed by atoms with Crippen LogP contribution in [0.2, 0.25) is 0 Å². The van der Waals surface area contributed by atoms with E-state index in [1.165, 1.54) is 11.1 Å². The van der Waals surface area contributed by atoms with Gasteiger partial charge in [0.1, 0.15) is 11.5 Å². The molecular weight excluding hydrogens is 308 g/mol. The minimum Gasteiger partial charge on any atom is -0.494 e. The number of ether oxygens (including phenoxy) is 2. The maximum absolute atomic E-state index is 5.88. The van der Waals surface area contributed by atoms with Crippen LogP contribution < -0.4 is 9.47 Å². The Balaban J connectivity index is 2.09. The Hall–Kier alpha value is -1.96. The molecule has 136 valence electrons. The van der Waals surface area contributed by atoms with E-state index in [4.69, 9.17) is 9.47 Å². The quantitative estimate of drug-likeness (QED) is 0.494. The normalized spacial score (nSPS) is 12.7. The van der Waals surface area contributed by atoms with Gasteiger partial charge in [-0.3, -0.25) is 0 Å². The molecule has 2 nitrogen and oxygen atoms in total. The lowest BCUT2D eigenvalue weighted by Crippen LogP contribution is -2.19. The molecule has 2 aromatic rings. The van der Waals surface area contributed by atoms with Crippen LogP contribution in [0.15, 0.2) is 48.5 Å². The van der Waals surface area contributed by atoms with Crippen molar-refractivity contribution in [2.75, 3.05) is 6.61 Å². The van der Waals surface area contributed by atoms with Crippen LogP contribution in [-0.2, 0) is 5.41 Å². The third-order valence-corrected chi connectivity index (χ3v) is 4.83. The average molecular weight is 341 g/mol. The van der Waals surface area contributed by atoms with Crippen molar-refractivity contribution in [3.8, 4) is 11.5 Å². The maximum Gasteiger partial charge on any atom is 0.119 e. The molecule has 0 spiro atoms. The highest BCUT2D eigenvalue weighted by atomic mass is 16.5. The van der Waals surface area contributed by atoms with E-state index in [9.17, 15) is 0 Å². The van der Waals surface area contributed by atoms with Crippen molar-refractivity contribution in [2.24, 2.45) is 0 Å². The number of hydrogen-bond donors (Lipinski definition) is 0. The zero-order valence-electron chi connectivity index (χ0n) is 16.3. The summed E-state index contributed by atoms with van der Waals surface area (Å²) in [6.07, 6.45) is 3.51. The Morgan fingerprint density at radius 3 is 1.84 bits per heavy atom. The third-order valence-electron chi connectivity index (χ3n) is 4.83. The summed E-state index contributed by atoms with van der Waals surface area (Å²) in [6, 6.07) is 17.0. The zero-order chi connectivity index (χ0) is 18.3. The van der Waals surface area contributed by atoms with Gasteiger partial charge in [0.25, 0.3) is 0 Å². The van der Waals surface area contributed by atoms with Crippen molar-refractivity contribution in [3.63, 3.8) is 0 Å². The van der Waals surface area contributed by atoms with Gasteiger partial charge in [-0.25, -0.2) is 0 Å². The molecule has 0 fully saturated rings. The van der Waals surface area contributed by atoms with E-state index < -0.39 is 0 Å². The second-order valence-corrected chi connectivity index (χ2v) is 7.21. The fraction of sp³-hybridized carbons (Fsp3) is 0.478. The van der Waals surface area contributed by atoms with E-state index in [1.807, 2.05) is 0 Å². The van der Waals surface area contributed by atoms with Gasteiger partial charge in [-0.1, -0.05) is 58.4 Å². The van der Waals surface area contributed by atoms with Crippen LogP contribution in [0.3, 0.4) is 0 Å². The average Bonchev–Trinajstić information content (AvgIpc) is 2.63. The van der Waals surface area contributed by atoms with Crippen molar-refractivity contribution in [1.29, 1.82) is 0 Å². The summed E-state index contributed by atoms with van der Waals surface area (Å²) in [5.74, 6) is 1.89. The molecule has 0 N–H and O–H groups in total. The van der Waals surface area contributed by atoms with E-state index in [-0.39, 0.29) is 11.5 Å². The highest BCUT2D eigenvalue weighted by Gasteiger charge is 2.23. The number of unbranched alkanes of at least 4 members (excludes halogenated alkanes) is 1. The van der Waals surface area contributed by atoms with Crippen LogP contribution in [0.4, 0.5) is 0 Å². The summed E-state index contributed by atoms with van der Waals surface area (Å²) in [4.78, 5) is 0. The molecule has 0 heterocycles. The van der Waals surface area contributed by atoms with Gasteiger partial charge < -0.3 is 9.47 Å². The van der Waals surface area contributed by atoms with Crippen LogP contribution in [-0.4, -0.2) is 12.7 Å². The van der Waals surface area contributed by atoms with Gasteiger partial charge in [0, 0.05) is 5.41 Å². The highest BCUT2D eigenvalue weighted by Crippen LogP contribution is 2.33. The summed E-state index contributed by atoms with van der Waals surface area (Å²) >= 11 is 0. The molecule has 1 unspecified atom stereocenters. The van der Waals surface area contributed by atoms with Crippen LogP contribution in [0.1, 0.15) is 65.0 Å². The van der Waals surface area contributed by atoms with Crippen LogP contribution >= 0.6 is 0 Å². The first kappa shape index (κ1) is 19.4. The van der Waals surface area contributed by atoms with Crippen LogP contribution in [0.5, 0.6) is 11.5 Å². The molecule has 0 radical (unpaired) electrons. The number of hydrogen-bond acceptors (Lipinski definition) is 2. The summed E-state index contributed by atoms with van der Waals surface area (Å²) in [5, 5.41) is 0. The molecule has 2 heteroatoms. The van der Waals surface area contributed by atoms with Crippen LogP contribution in [0.25, 0.3) is 0 Å². The Kier molecular flexibility index (Phi) is 6.92. The van der Waals surface area contributed by atoms with E-state index in [0.717, 1.165) is 37.4 Å². The molecule has 0 aliphatic heterocycles. The molecule has 1 atom stereocenters. The first-order chi connectivity index (χ1) is 12.0. The van der Waals surface area contributed by atoms with E-state index >= 15 is 0 Å². The zero-order valence-corrected chi connectivity index (χ0v) is 16.3. The summed E-state index contributed by atoms with van der Waals surface area (Å²) in [6.45, 7) is 11.7. The van der Waals surface area contributed by atoms with Crippen molar-refractivity contribution < 1.29 is 9.47 Å². The molecule has 25 heavy (non-hydrogen) atoms. The topological polar surface area (TPSA) is 18.5 Å². The third kappa shape index (κ3) is 5.26. The van der Waals surface area contributed by atoms with Crippen LogP contribution in [0, 0.1) is 0 Å². The monoisotopic (exact) mass is 340 g/mol. The van der Waals surface area contributed by atoms with Crippen molar-refractivity contribution in [2.45, 2.75) is 65.4 Å². The van der Waals surface area contributed by atoms with Gasteiger partial charge in [-0.2, -0.15) is 0 Å². The van der Waals surface area contributed by atoms with Crippen molar-refractivity contribution >= 4 is 0 Å². The van der Waals surface area contributed by atoms with Gasteiger partial charge in [-0.15, -0.1) is 0 Å². The van der Waals surface area contributed by atoms with Gasteiger partial charge in [0.05, 0.1) is 12.7 Å². The molecule has 0 aliphatic rings. The Morgan fingerprint density at radius 2 is 1.36 bits per heavy atom. The fourth-order valence-electron chi connectivity index (χ4n) is 2.73. The molecule has 0 aliphatic carbocycles. The van der Waals surface area contributed by atoms with E-state index in [2.05, 4.69) is 83.1 Å². The van der Waals surface area contributed by atoms with E-state index in [1.54, 1.807) is 0 Å². The predicted octanol–water partition coefficient (Wildman–Crippen LogP) is 6.37. The Bertz CT molecular complexity index is 626. The lowest BCUT2D eigenvalue weighted by atomic mass is 9.78. The second-order valence-electron chi connectivity index (χ2n) is 7.21. The fourth-order valence-corrected chi connectivity index (χ4v) is 2.73. The molecule has 0 aromatic heterocycles. The van der Waals surface area contributed by atoms with Gasteiger partial charge in [0.15, 0.2) is 0 Å². The lowest BCUT2D eigenvalue weighted by molar-refractivity contribution is 0.217. The molecule has 0 saturated heterocycles.